The highest BCUT2D eigenvalue weighted by Crippen LogP contribution is 2.22. The van der Waals surface area contributed by atoms with E-state index in [1.807, 2.05) is 17.5 Å². The van der Waals surface area contributed by atoms with E-state index in [9.17, 15) is 22.8 Å². The number of hydrogen-bond donors (Lipinski definition) is 1. The zero-order valence-corrected chi connectivity index (χ0v) is 12.9. The molecule has 2 aromatic rings. The van der Waals surface area contributed by atoms with E-state index in [0.29, 0.717) is 6.54 Å². The quantitative estimate of drug-likeness (QED) is 0.805. The standard InChI is InChI=1S/C15H12F3NO4S/c16-15(17,18)23-11-5-3-10(4-6-11)14(21)22-9-13(20)19-8-12-2-1-7-24-12/h1-7H,8-9H2,(H,19,20). The number of amides is 1. The lowest BCUT2D eigenvalue weighted by atomic mass is 10.2. The molecule has 0 fully saturated rings. The summed E-state index contributed by atoms with van der Waals surface area (Å²) >= 11 is 1.48. The van der Waals surface area contributed by atoms with Crippen LogP contribution in [0.3, 0.4) is 0 Å². The summed E-state index contributed by atoms with van der Waals surface area (Å²) in [6, 6.07) is 7.90. The molecule has 0 atom stereocenters. The number of alkyl halides is 3. The lowest BCUT2D eigenvalue weighted by Crippen LogP contribution is -2.28. The second-order valence-electron chi connectivity index (χ2n) is 4.50. The first-order chi connectivity index (χ1) is 11.3. The Kier molecular flexibility index (Phi) is 5.80. The van der Waals surface area contributed by atoms with Crippen molar-refractivity contribution in [3.05, 3.63) is 52.2 Å². The normalized spacial score (nSPS) is 11.0. The molecule has 24 heavy (non-hydrogen) atoms. The fourth-order valence-corrected chi connectivity index (χ4v) is 2.30. The highest BCUT2D eigenvalue weighted by atomic mass is 32.1. The summed E-state index contributed by atoms with van der Waals surface area (Å²) in [5.41, 5.74) is 0.00980. The summed E-state index contributed by atoms with van der Waals surface area (Å²) in [4.78, 5) is 24.2. The van der Waals surface area contributed by atoms with Crippen LogP contribution >= 0.6 is 11.3 Å². The van der Waals surface area contributed by atoms with Crippen LogP contribution in [0.15, 0.2) is 41.8 Å². The van der Waals surface area contributed by atoms with Gasteiger partial charge in [-0.1, -0.05) is 6.07 Å². The molecule has 0 bridgehead atoms. The molecule has 0 saturated heterocycles. The van der Waals surface area contributed by atoms with Gasteiger partial charge in [-0.25, -0.2) is 4.79 Å². The molecule has 0 radical (unpaired) electrons. The van der Waals surface area contributed by atoms with E-state index >= 15 is 0 Å². The van der Waals surface area contributed by atoms with Gasteiger partial charge in [-0.2, -0.15) is 0 Å². The van der Waals surface area contributed by atoms with Crippen molar-refractivity contribution in [1.29, 1.82) is 0 Å². The van der Waals surface area contributed by atoms with Gasteiger partial charge in [0, 0.05) is 4.88 Å². The summed E-state index contributed by atoms with van der Waals surface area (Å²) in [6.07, 6.45) is -4.80. The third kappa shape index (κ3) is 5.92. The molecule has 1 N–H and O–H groups in total. The number of carbonyl (C=O) groups is 2. The molecule has 1 aromatic heterocycles. The number of rotatable bonds is 6. The smallest absolute Gasteiger partial charge is 0.452 e. The maximum atomic E-state index is 12.0. The van der Waals surface area contributed by atoms with Crippen LogP contribution in [0, 0.1) is 0 Å². The van der Waals surface area contributed by atoms with Crippen LogP contribution in [-0.2, 0) is 16.1 Å². The van der Waals surface area contributed by atoms with E-state index < -0.39 is 30.6 Å². The van der Waals surface area contributed by atoms with Crippen molar-refractivity contribution in [2.75, 3.05) is 6.61 Å². The minimum atomic E-state index is -4.80. The highest BCUT2D eigenvalue weighted by Gasteiger charge is 2.31. The maximum absolute atomic E-state index is 12.0. The van der Waals surface area contributed by atoms with Gasteiger partial charge in [-0.3, -0.25) is 4.79 Å². The van der Waals surface area contributed by atoms with Gasteiger partial charge in [0.1, 0.15) is 5.75 Å². The van der Waals surface area contributed by atoms with Gasteiger partial charge in [0.2, 0.25) is 0 Å². The molecule has 0 unspecified atom stereocenters. The second-order valence-corrected chi connectivity index (χ2v) is 5.54. The van der Waals surface area contributed by atoms with Crippen molar-refractivity contribution >= 4 is 23.2 Å². The molecule has 128 valence electrons. The average Bonchev–Trinajstić information content (AvgIpc) is 3.03. The SMILES string of the molecule is O=C(COC(=O)c1ccc(OC(F)(F)F)cc1)NCc1cccs1. The number of thiophene rings is 1. The molecule has 1 aromatic carbocycles. The van der Waals surface area contributed by atoms with Gasteiger partial charge >= 0.3 is 12.3 Å². The highest BCUT2D eigenvalue weighted by molar-refractivity contribution is 7.09. The Labute approximate surface area is 139 Å². The molecule has 2 rings (SSSR count). The van der Waals surface area contributed by atoms with Gasteiger partial charge in [0.15, 0.2) is 6.61 Å². The lowest BCUT2D eigenvalue weighted by Gasteiger charge is -2.09. The lowest BCUT2D eigenvalue weighted by molar-refractivity contribution is -0.274. The van der Waals surface area contributed by atoms with Gasteiger partial charge in [0.25, 0.3) is 5.91 Å². The Morgan fingerprint density at radius 1 is 1.12 bits per heavy atom. The topological polar surface area (TPSA) is 64.6 Å². The summed E-state index contributed by atoms with van der Waals surface area (Å²) in [6.45, 7) is -0.150. The van der Waals surface area contributed by atoms with Crippen molar-refractivity contribution in [3.63, 3.8) is 0 Å². The summed E-state index contributed by atoms with van der Waals surface area (Å²) < 4.78 is 44.6. The van der Waals surface area contributed by atoms with E-state index in [-0.39, 0.29) is 5.56 Å². The number of carbonyl (C=O) groups excluding carboxylic acids is 2. The first kappa shape index (κ1) is 17.8. The number of halogens is 3. The van der Waals surface area contributed by atoms with Crippen molar-refractivity contribution < 1.29 is 32.2 Å². The van der Waals surface area contributed by atoms with E-state index in [4.69, 9.17) is 4.74 Å². The molecule has 0 saturated carbocycles. The predicted molar refractivity (Wildman–Crippen MR) is 79.6 cm³/mol. The van der Waals surface area contributed by atoms with E-state index in [2.05, 4.69) is 10.1 Å². The molecule has 0 spiro atoms. The van der Waals surface area contributed by atoms with Gasteiger partial charge in [0.05, 0.1) is 12.1 Å². The average molecular weight is 359 g/mol. The first-order valence-corrected chi connectivity index (χ1v) is 7.53. The maximum Gasteiger partial charge on any atom is 0.573 e. The third-order valence-corrected chi connectivity index (χ3v) is 3.57. The second kappa shape index (κ2) is 7.82. The summed E-state index contributed by atoms with van der Waals surface area (Å²) in [5, 5.41) is 4.44. The molecule has 5 nitrogen and oxygen atoms in total. The number of nitrogens with one attached hydrogen (secondary N) is 1. The molecule has 1 heterocycles. The summed E-state index contributed by atoms with van der Waals surface area (Å²) in [5.74, 6) is -1.75. The largest absolute Gasteiger partial charge is 0.573 e. The Hall–Kier alpha value is -2.55. The fourth-order valence-electron chi connectivity index (χ4n) is 1.66. The molecule has 0 aliphatic rings. The third-order valence-electron chi connectivity index (χ3n) is 2.70. The van der Waals surface area contributed by atoms with Crippen molar-refractivity contribution in [2.45, 2.75) is 12.9 Å². The van der Waals surface area contributed by atoms with E-state index in [1.165, 1.54) is 11.3 Å². The Balaban J connectivity index is 1.78. The Bertz CT molecular complexity index is 684. The Morgan fingerprint density at radius 3 is 2.42 bits per heavy atom. The zero-order valence-electron chi connectivity index (χ0n) is 12.1. The minimum Gasteiger partial charge on any atom is -0.452 e. The van der Waals surface area contributed by atoms with Crippen LogP contribution in [0.2, 0.25) is 0 Å². The van der Waals surface area contributed by atoms with Crippen LogP contribution in [0.4, 0.5) is 13.2 Å². The molecule has 0 aliphatic carbocycles. The zero-order chi connectivity index (χ0) is 17.6. The number of ether oxygens (including phenoxy) is 2. The van der Waals surface area contributed by atoms with Crippen LogP contribution in [-0.4, -0.2) is 24.8 Å². The molecule has 0 aliphatic heterocycles. The Morgan fingerprint density at radius 2 is 1.83 bits per heavy atom. The summed E-state index contributed by atoms with van der Waals surface area (Å²) in [7, 11) is 0. The van der Waals surface area contributed by atoms with E-state index in [1.54, 1.807) is 0 Å². The number of esters is 1. The van der Waals surface area contributed by atoms with Crippen molar-refractivity contribution in [2.24, 2.45) is 0 Å². The van der Waals surface area contributed by atoms with Gasteiger partial charge in [-0.05, 0) is 35.7 Å². The van der Waals surface area contributed by atoms with Gasteiger partial charge < -0.3 is 14.8 Å². The van der Waals surface area contributed by atoms with Crippen molar-refractivity contribution in [3.8, 4) is 5.75 Å². The molecular weight excluding hydrogens is 347 g/mol. The van der Waals surface area contributed by atoms with Crippen LogP contribution < -0.4 is 10.1 Å². The van der Waals surface area contributed by atoms with Gasteiger partial charge in [-0.15, -0.1) is 24.5 Å². The number of benzene rings is 1. The van der Waals surface area contributed by atoms with Crippen molar-refractivity contribution in [1.82, 2.24) is 5.32 Å². The monoisotopic (exact) mass is 359 g/mol. The number of hydrogen-bond acceptors (Lipinski definition) is 5. The minimum absolute atomic E-state index is 0.00980. The predicted octanol–water partition coefficient (Wildman–Crippen LogP) is 3.12. The first-order valence-electron chi connectivity index (χ1n) is 6.65. The molecule has 9 heteroatoms. The van der Waals surface area contributed by atoms with E-state index in [0.717, 1.165) is 29.1 Å². The fraction of sp³-hybridized carbons (Fsp3) is 0.200. The van der Waals surface area contributed by atoms with Crippen LogP contribution in [0.5, 0.6) is 5.75 Å². The van der Waals surface area contributed by atoms with Crippen LogP contribution in [0.25, 0.3) is 0 Å². The van der Waals surface area contributed by atoms with Crippen LogP contribution in [0.1, 0.15) is 15.2 Å². The molecular formula is C15H12F3NO4S. The molecule has 1 amide bonds.